The maximum absolute atomic E-state index is 12.3. The summed E-state index contributed by atoms with van der Waals surface area (Å²) in [5, 5.41) is 0. The molecule has 0 N–H and O–H groups in total. The Morgan fingerprint density at radius 1 is 0.429 bits per heavy atom. The van der Waals surface area contributed by atoms with Crippen molar-refractivity contribution in [1.29, 1.82) is 0 Å². The molecule has 0 fully saturated rings. The normalized spacial score (nSPS) is 12.4. The molecule has 0 aromatic carbocycles. The van der Waals surface area contributed by atoms with Crippen LogP contribution in [-0.2, 0) is 19.1 Å². The molecule has 0 amide bonds. The first-order valence-electron chi connectivity index (χ1n) is 18.5. The Morgan fingerprint density at radius 3 is 1.21 bits per heavy atom. The lowest BCUT2D eigenvalue weighted by molar-refractivity contribution is -0.145. The SMILES string of the molecule is CC(C)CCCCCOC(=O)CCCCCCCCCCCCCCCC(CC(=O)OCCCCCC(C)C)C(C)C. The summed E-state index contributed by atoms with van der Waals surface area (Å²) in [7, 11) is 0. The number of unbranched alkanes of at least 4 members (excludes halogenated alkanes) is 16. The molecule has 0 aromatic heterocycles. The van der Waals surface area contributed by atoms with Crippen LogP contribution in [0.1, 0.15) is 196 Å². The molecule has 4 heteroatoms. The molecule has 0 bridgehead atoms. The molecule has 0 spiro atoms. The highest BCUT2D eigenvalue weighted by Gasteiger charge is 2.18. The topological polar surface area (TPSA) is 52.6 Å². The number of rotatable bonds is 31. The summed E-state index contributed by atoms with van der Waals surface area (Å²) in [6.45, 7) is 14.7. The fourth-order valence-electron chi connectivity index (χ4n) is 5.67. The van der Waals surface area contributed by atoms with E-state index < -0.39 is 0 Å². The van der Waals surface area contributed by atoms with E-state index in [-0.39, 0.29) is 11.9 Å². The van der Waals surface area contributed by atoms with Gasteiger partial charge in [0.05, 0.1) is 13.2 Å². The standard InChI is InChI=1S/C38H74O4/c1-33(2)26-20-18-24-30-41-37(39)29-23-17-15-13-11-9-7-8-10-12-14-16-22-28-36(35(5)6)32-38(40)42-31-25-19-21-27-34(3)4/h33-36H,7-32H2,1-6H3. The lowest BCUT2D eigenvalue weighted by atomic mass is 9.87. The van der Waals surface area contributed by atoms with Crippen molar-refractivity contribution in [1.82, 2.24) is 0 Å². The van der Waals surface area contributed by atoms with Gasteiger partial charge in [-0.25, -0.2) is 0 Å². The van der Waals surface area contributed by atoms with Gasteiger partial charge in [-0.05, 0) is 49.4 Å². The van der Waals surface area contributed by atoms with E-state index in [0.717, 1.165) is 43.9 Å². The zero-order chi connectivity index (χ0) is 31.3. The molecule has 4 nitrogen and oxygen atoms in total. The van der Waals surface area contributed by atoms with Gasteiger partial charge >= 0.3 is 11.9 Å². The van der Waals surface area contributed by atoms with Gasteiger partial charge in [0.1, 0.15) is 0 Å². The lowest BCUT2D eigenvalue weighted by Crippen LogP contribution is -2.17. The molecule has 250 valence electrons. The van der Waals surface area contributed by atoms with Gasteiger partial charge < -0.3 is 9.47 Å². The van der Waals surface area contributed by atoms with E-state index in [4.69, 9.17) is 9.47 Å². The van der Waals surface area contributed by atoms with Gasteiger partial charge in [0, 0.05) is 12.8 Å². The maximum Gasteiger partial charge on any atom is 0.306 e. The van der Waals surface area contributed by atoms with Gasteiger partial charge in [0.25, 0.3) is 0 Å². The second-order valence-corrected chi connectivity index (χ2v) is 14.3. The highest BCUT2D eigenvalue weighted by Crippen LogP contribution is 2.24. The molecule has 1 atom stereocenters. The van der Waals surface area contributed by atoms with Crippen molar-refractivity contribution in [2.24, 2.45) is 23.7 Å². The number of esters is 2. The van der Waals surface area contributed by atoms with Gasteiger partial charge in [0.15, 0.2) is 0 Å². The fraction of sp³-hybridized carbons (Fsp3) is 0.947. The third kappa shape index (κ3) is 30.4. The molecule has 0 radical (unpaired) electrons. The predicted molar refractivity (Wildman–Crippen MR) is 181 cm³/mol. The Labute approximate surface area is 263 Å². The lowest BCUT2D eigenvalue weighted by Gasteiger charge is -2.20. The second-order valence-electron chi connectivity index (χ2n) is 14.3. The first kappa shape index (κ1) is 40.9. The first-order valence-corrected chi connectivity index (χ1v) is 18.5. The van der Waals surface area contributed by atoms with Crippen LogP contribution in [0.4, 0.5) is 0 Å². The molecule has 0 aliphatic heterocycles. The van der Waals surface area contributed by atoms with Gasteiger partial charge in [-0.1, -0.05) is 157 Å². The number of hydrogen-bond acceptors (Lipinski definition) is 4. The van der Waals surface area contributed by atoms with E-state index in [1.165, 1.54) is 109 Å². The summed E-state index contributed by atoms with van der Waals surface area (Å²) in [5.74, 6) is 2.54. The zero-order valence-corrected chi connectivity index (χ0v) is 29.3. The van der Waals surface area contributed by atoms with Gasteiger partial charge in [-0.3, -0.25) is 9.59 Å². The first-order chi connectivity index (χ1) is 20.2. The predicted octanol–water partition coefficient (Wildman–Crippen LogP) is 12.0. The third-order valence-corrected chi connectivity index (χ3v) is 8.71. The quantitative estimate of drug-likeness (QED) is 0.0591. The summed E-state index contributed by atoms with van der Waals surface area (Å²) in [6.07, 6.45) is 28.4. The minimum atomic E-state index is -0.00289. The number of carbonyl (C=O) groups is 2. The van der Waals surface area contributed by atoms with E-state index >= 15 is 0 Å². The molecule has 0 saturated heterocycles. The van der Waals surface area contributed by atoms with Crippen molar-refractivity contribution >= 4 is 11.9 Å². The summed E-state index contributed by atoms with van der Waals surface area (Å²) >= 11 is 0. The number of carbonyl (C=O) groups excluding carboxylic acids is 2. The van der Waals surface area contributed by atoms with Crippen LogP contribution >= 0.6 is 0 Å². The fourth-order valence-corrected chi connectivity index (χ4v) is 5.67. The summed E-state index contributed by atoms with van der Waals surface area (Å²) < 4.78 is 10.9. The van der Waals surface area contributed by atoms with Crippen LogP contribution in [0, 0.1) is 23.7 Å². The average molecular weight is 595 g/mol. The molecular formula is C38H74O4. The van der Waals surface area contributed by atoms with Crippen molar-refractivity contribution in [3.8, 4) is 0 Å². The second kappa shape index (κ2) is 30.0. The molecule has 0 aliphatic rings. The van der Waals surface area contributed by atoms with E-state index in [1.807, 2.05) is 0 Å². The molecule has 0 aliphatic carbocycles. The Hall–Kier alpha value is -1.06. The molecular weight excluding hydrogens is 520 g/mol. The van der Waals surface area contributed by atoms with Crippen LogP contribution in [0.15, 0.2) is 0 Å². The zero-order valence-electron chi connectivity index (χ0n) is 29.3. The van der Waals surface area contributed by atoms with Gasteiger partial charge in [-0.15, -0.1) is 0 Å². The Morgan fingerprint density at radius 2 is 0.786 bits per heavy atom. The van der Waals surface area contributed by atoms with Crippen molar-refractivity contribution in [3.63, 3.8) is 0 Å². The third-order valence-electron chi connectivity index (χ3n) is 8.71. The Balaban J connectivity index is 3.49. The summed E-state index contributed by atoms with van der Waals surface area (Å²) in [4.78, 5) is 24.1. The monoisotopic (exact) mass is 595 g/mol. The molecule has 42 heavy (non-hydrogen) atoms. The van der Waals surface area contributed by atoms with Crippen LogP contribution in [0.25, 0.3) is 0 Å². The van der Waals surface area contributed by atoms with Crippen molar-refractivity contribution in [3.05, 3.63) is 0 Å². The molecule has 0 aromatic rings. The van der Waals surface area contributed by atoms with Crippen molar-refractivity contribution in [2.45, 2.75) is 196 Å². The summed E-state index contributed by atoms with van der Waals surface area (Å²) in [6, 6.07) is 0. The number of hydrogen-bond donors (Lipinski definition) is 0. The molecule has 0 heterocycles. The molecule has 1 unspecified atom stereocenters. The molecule has 0 saturated carbocycles. The van der Waals surface area contributed by atoms with Crippen LogP contribution in [0.3, 0.4) is 0 Å². The largest absolute Gasteiger partial charge is 0.466 e. The molecule has 0 rings (SSSR count). The average Bonchev–Trinajstić information content (AvgIpc) is 2.93. The smallest absolute Gasteiger partial charge is 0.306 e. The number of ether oxygens (including phenoxy) is 2. The van der Waals surface area contributed by atoms with Crippen molar-refractivity contribution < 1.29 is 19.1 Å². The van der Waals surface area contributed by atoms with Crippen LogP contribution in [-0.4, -0.2) is 25.2 Å². The Kier molecular flexibility index (Phi) is 29.2. The van der Waals surface area contributed by atoms with E-state index in [9.17, 15) is 9.59 Å². The van der Waals surface area contributed by atoms with Crippen LogP contribution < -0.4 is 0 Å². The van der Waals surface area contributed by atoms with Gasteiger partial charge in [-0.2, -0.15) is 0 Å². The van der Waals surface area contributed by atoms with Crippen LogP contribution in [0.2, 0.25) is 0 Å². The van der Waals surface area contributed by atoms with E-state index in [1.54, 1.807) is 0 Å². The van der Waals surface area contributed by atoms with E-state index in [2.05, 4.69) is 41.5 Å². The maximum atomic E-state index is 12.3. The van der Waals surface area contributed by atoms with Crippen LogP contribution in [0.5, 0.6) is 0 Å². The minimum Gasteiger partial charge on any atom is -0.466 e. The minimum absolute atomic E-state index is 0.00289. The summed E-state index contributed by atoms with van der Waals surface area (Å²) in [5.41, 5.74) is 0. The highest BCUT2D eigenvalue weighted by atomic mass is 16.5. The van der Waals surface area contributed by atoms with E-state index in [0.29, 0.717) is 37.9 Å². The van der Waals surface area contributed by atoms with Crippen molar-refractivity contribution in [2.75, 3.05) is 13.2 Å². The van der Waals surface area contributed by atoms with Gasteiger partial charge in [0.2, 0.25) is 0 Å². The highest BCUT2D eigenvalue weighted by molar-refractivity contribution is 5.69. The Bertz CT molecular complexity index is 598.